The molecule has 2 aromatic rings. The molecule has 6 nitrogen and oxygen atoms in total. The van der Waals surface area contributed by atoms with Crippen molar-refractivity contribution >= 4 is 17.5 Å². The first-order valence-corrected chi connectivity index (χ1v) is 8.20. The SMILES string of the molecule is CCn1ncc(C(=O)N2CCN(c3ccccc3C)C(=O)C2)c1C. The number of para-hydroxylation sites is 1. The highest BCUT2D eigenvalue weighted by Gasteiger charge is 2.30. The maximum Gasteiger partial charge on any atom is 0.257 e. The second-order valence-corrected chi connectivity index (χ2v) is 6.02. The summed E-state index contributed by atoms with van der Waals surface area (Å²) in [5.41, 5.74) is 3.40. The van der Waals surface area contributed by atoms with Gasteiger partial charge in [0.15, 0.2) is 0 Å². The summed E-state index contributed by atoms with van der Waals surface area (Å²) in [4.78, 5) is 28.6. The van der Waals surface area contributed by atoms with Crippen LogP contribution in [0.3, 0.4) is 0 Å². The molecular formula is C18H22N4O2. The Bertz CT molecular complexity index is 781. The molecule has 3 rings (SSSR count). The topological polar surface area (TPSA) is 58.4 Å². The molecule has 0 aliphatic carbocycles. The van der Waals surface area contributed by atoms with E-state index in [1.165, 1.54) is 0 Å². The number of piperazine rings is 1. The number of aryl methyl sites for hydroxylation is 2. The van der Waals surface area contributed by atoms with Gasteiger partial charge in [-0.25, -0.2) is 0 Å². The number of hydrogen-bond donors (Lipinski definition) is 0. The van der Waals surface area contributed by atoms with Crippen LogP contribution in [-0.4, -0.2) is 46.1 Å². The van der Waals surface area contributed by atoms with Crippen LogP contribution in [0.15, 0.2) is 30.5 Å². The lowest BCUT2D eigenvalue weighted by molar-refractivity contribution is -0.120. The molecule has 24 heavy (non-hydrogen) atoms. The molecule has 2 amide bonds. The lowest BCUT2D eigenvalue weighted by atomic mass is 10.1. The van der Waals surface area contributed by atoms with E-state index in [9.17, 15) is 9.59 Å². The zero-order chi connectivity index (χ0) is 17.3. The van der Waals surface area contributed by atoms with E-state index >= 15 is 0 Å². The number of carbonyl (C=O) groups is 2. The summed E-state index contributed by atoms with van der Waals surface area (Å²) in [7, 11) is 0. The molecule has 0 N–H and O–H groups in total. The van der Waals surface area contributed by atoms with Crippen molar-refractivity contribution in [1.82, 2.24) is 14.7 Å². The van der Waals surface area contributed by atoms with Crippen LogP contribution in [0.5, 0.6) is 0 Å². The smallest absolute Gasteiger partial charge is 0.257 e. The standard InChI is InChI=1S/C18H22N4O2/c1-4-22-14(3)15(11-19-22)18(24)20-9-10-21(17(23)12-20)16-8-6-5-7-13(16)2/h5-8,11H,4,9-10,12H2,1-3H3. The van der Waals surface area contributed by atoms with Crippen molar-refractivity contribution in [2.45, 2.75) is 27.3 Å². The summed E-state index contributed by atoms with van der Waals surface area (Å²) in [6.07, 6.45) is 1.60. The molecule has 1 aromatic heterocycles. The van der Waals surface area contributed by atoms with Crippen LogP contribution in [0.4, 0.5) is 5.69 Å². The number of hydrogen-bond acceptors (Lipinski definition) is 3. The van der Waals surface area contributed by atoms with Crippen LogP contribution in [-0.2, 0) is 11.3 Å². The Labute approximate surface area is 141 Å². The fraction of sp³-hybridized carbons (Fsp3) is 0.389. The number of aromatic nitrogens is 2. The largest absolute Gasteiger partial charge is 0.327 e. The minimum absolute atomic E-state index is 0.0514. The first kappa shape index (κ1) is 16.2. The van der Waals surface area contributed by atoms with E-state index in [-0.39, 0.29) is 18.4 Å². The Kier molecular flexibility index (Phi) is 4.38. The van der Waals surface area contributed by atoms with Crippen LogP contribution >= 0.6 is 0 Å². The van der Waals surface area contributed by atoms with Gasteiger partial charge in [0.2, 0.25) is 5.91 Å². The number of carbonyl (C=O) groups excluding carboxylic acids is 2. The van der Waals surface area contributed by atoms with Crippen LogP contribution in [0.1, 0.15) is 28.5 Å². The van der Waals surface area contributed by atoms with Gasteiger partial charge in [-0.05, 0) is 32.4 Å². The Morgan fingerprint density at radius 2 is 1.96 bits per heavy atom. The third-order valence-electron chi connectivity index (χ3n) is 4.55. The van der Waals surface area contributed by atoms with Crippen LogP contribution < -0.4 is 4.90 Å². The van der Waals surface area contributed by atoms with Crippen molar-refractivity contribution < 1.29 is 9.59 Å². The van der Waals surface area contributed by atoms with Crippen LogP contribution in [0, 0.1) is 13.8 Å². The monoisotopic (exact) mass is 326 g/mol. The summed E-state index contributed by atoms with van der Waals surface area (Å²) in [5, 5.41) is 4.22. The maximum absolute atomic E-state index is 12.7. The fourth-order valence-electron chi connectivity index (χ4n) is 3.11. The van der Waals surface area contributed by atoms with Gasteiger partial charge in [0.1, 0.15) is 6.54 Å². The van der Waals surface area contributed by atoms with E-state index in [4.69, 9.17) is 0 Å². The van der Waals surface area contributed by atoms with E-state index in [0.29, 0.717) is 18.7 Å². The molecule has 1 saturated heterocycles. The zero-order valence-electron chi connectivity index (χ0n) is 14.3. The van der Waals surface area contributed by atoms with Gasteiger partial charge in [0, 0.05) is 31.0 Å². The van der Waals surface area contributed by atoms with Gasteiger partial charge in [-0.3, -0.25) is 14.3 Å². The van der Waals surface area contributed by atoms with Crippen molar-refractivity contribution in [3.05, 3.63) is 47.3 Å². The highest BCUT2D eigenvalue weighted by Crippen LogP contribution is 2.22. The van der Waals surface area contributed by atoms with E-state index in [2.05, 4.69) is 5.10 Å². The molecule has 126 valence electrons. The highest BCUT2D eigenvalue weighted by molar-refractivity contribution is 6.02. The van der Waals surface area contributed by atoms with Gasteiger partial charge in [-0.1, -0.05) is 18.2 Å². The molecule has 0 saturated carbocycles. The van der Waals surface area contributed by atoms with Crippen molar-refractivity contribution in [3.8, 4) is 0 Å². The molecule has 1 aliphatic rings. The zero-order valence-corrected chi connectivity index (χ0v) is 14.3. The van der Waals surface area contributed by atoms with Crippen molar-refractivity contribution in [2.75, 3.05) is 24.5 Å². The molecule has 0 bridgehead atoms. The maximum atomic E-state index is 12.7. The van der Waals surface area contributed by atoms with Crippen LogP contribution in [0.25, 0.3) is 0 Å². The Balaban J connectivity index is 1.76. The third-order valence-corrected chi connectivity index (χ3v) is 4.55. The number of nitrogens with zero attached hydrogens (tertiary/aromatic N) is 4. The first-order valence-electron chi connectivity index (χ1n) is 8.20. The van der Waals surface area contributed by atoms with Gasteiger partial charge in [-0.2, -0.15) is 5.10 Å². The summed E-state index contributed by atoms with van der Waals surface area (Å²) >= 11 is 0. The predicted octanol–water partition coefficient (Wildman–Crippen LogP) is 2.01. The fourth-order valence-corrected chi connectivity index (χ4v) is 3.11. The number of rotatable bonds is 3. The van der Waals surface area contributed by atoms with Crippen LogP contribution in [0.2, 0.25) is 0 Å². The van der Waals surface area contributed by atoms with Crippen molar-refractivity contribution in [3.63, 3.8) is 0 Å². The predicted molar refractivity (Wildman–Crippen MR) is 92.1 cm³/mol. The van der Waals surface area contributed by atoms with Gasteiger partial charge < -0.3 is 9.80 Å². The molecule has 1 aromatic carbocycles. The molecule has 1 fully saturated rings. The Morgan fingerprint density at radius 1 is 1.21 bits per heavy atom. The van der Waals surface area contributed by atoms with Crippen molar-refractivity contribution in [2.24, 2.45) is 0 Å². The summed E-state index contributed by atoms with van der Waals surface area (Å²) in [6.45, 7) is 7.71. The first-order chi connectivity index (χ1) is 11.5. The minimum Gasteiger partial charge on any atom is -0.327 e. The third kappa shape index (κ3) is 2.79. The van der Waals surface area contributed by atoms with E-state index < -0.39 is 0 Å². The summed E-state index contributed by atoms with van der Waals surface area (Å²) < 4.78 is 1.79. The van der Waals surface area contributed by atoms with E-state index in [1.807, 2.05) is 45.0 Å². The summed E-state index contributed by atoms with van der Waals surface area (Å²) in [5.74, 6) is -0.172. The molecular weight excluding hydrogens is 304 g/mol. The van der Waals surface area contributed by atoms with Gasteiger partial charge in [0.25, 0.3) is 5.91 Å². The second kappa shape index (κ2) is 6.47. The molecule has 0 radical (unpaired) electrons. The molecule has 2 heterocycles. The Hall–Kier alpha value is -2.63. The quantitative estimate of drug-likeness (QED) is 0.867. The normalized spacial score (nSPS) is 15.0. The molecule has 1 aliphatic heterocycles. The number of benzene rings is 1. The highest BCUT2D eigenvalue weighted by atomic mass is 16.2. The number of amides is 2. The summed E-state index contributed by atoms with van der Waals surface area (Å²) in [6, 6.07) is 7.82. The minimum atomic E-state index is -0.120. The van der Waals surface area contributed by atoms with E-state index in [0.717, 1.165) is 23.5 Å². The van der Waals surface area contributed by atoms with Crippen molar-refractivity contribution in [1.29, 1.82) is 0 Å². The molecule has 0 atom stereocenters. The lowest BCUT2D eigenvalue weighted by Crippen LogP contribution is -2.52. The Morgan fingerprint density at radius 3 is 2.58 bits per heavy atom. The average Bonchev–Trinajstić information content (AvgIpc) is 2.95. The van der Waals surface area contributed by atoms with Gasteiger partial charge in [-0.15, -0.1) is 0 Å². The second-order valence-electron chi connectivity index (χ2n) is 6.02. The van der Waals surface area contributed by atoms with Gasteiger partial charge in [0.05, 0.1) is 11.8 Å². The number of anilines is 1. The lowest BCUT2D eigenvalue weighted by Gasteiger charge is -2.35. The average molecular weight is 326 g/mol. The van der Waals surface area contributed by atoms with E-state index in [1.54, 1.807) is 20.7 Å². The molecule has 6 heteroatoms. The molecule has 0 spiro atoms. The molecule has 0 unspecified atom stereocenters. The van der Waals surface area contributed by atoms with Gasteiger partial charge >= 0.3 is 0 Å².